The van der Waals surface area contributed by atoms with Crippen molar-refractivity contribution in [1.82, 2.24) is 4.98 Å². The second kappa shape index (κ2) is 8.76. The molecule has 148 valence electrons. The molecule has 2 heterocycles. The van der Waals surface area contributed by atoms with Crippen molar-refractivity contribution in [3.05, 3.63) is 80.6 Å². The number of nitrogens with zero attached hydrogens (tertiary/aromatic N) is 2. The SMILES string of the molecule is COc1ccc(/C=C(/C#N)c2nc(-c3ccc(-c4ccc(Cl)cc4Cl)o3)cs2)cc1. The van der Waals surface area contributed by atoms with Crippen molar-refractivity contribution in [3.8, 4) is 34.6 Å². The van der Waals surface area contributed by atoms with Crippen LogP contribution in [0.15, 0.2) is 64.4 Å². The Balaban J connectivity index is 1.61. The lowest BCUT2D eigenvalue weighted by Gasteiger charge is -2.01. The number of ether oxygens (including phenoxy) is 1. The Bertz CT molecular complexity index is 1270. The number of nitriles is 1. The summed E-state index contributed by atoms with van der Waals surface area (Å²) in [6, 6.07) is 18.6. The highest BCUT2D eigenvalue weighted by molar-refractivity contribution is 7.11. The van der Waals surface area contributed by atoms with Gasteiger partial charge in [-0.3, -0.25) is 0 Å². The zero-order chi connectivity index (χ0) is 21.1. The minimum atomic E-state index is 0.476. The molecule has 0 aliphatic carbocycles. The van der Waals surface area contributed by atoms with Gasteiger partial charge in [0.05, 0.1) is 17.7 Å². The van der Waals surface area contributed by atoms with E-state index in [1.807, 2.05) is 47.8 Å². The number of halogens is 2. The second-order valence-electron chi connectivity index (χ2n) is 6.27. The van der Waals surface area contributed by atoms with Crippen molar-refractivity contribution in [2.24, 2.45) is 0 Å². The number of hydrogen-bond acceptors (Lipinski definition) is 5. The van der Waals surface area contributed by atoms with E-state index in [9.17, 15) is 5.26 Å². The van der Waals surface area contributed by atoms with Crippen molar-refractivity contribution < 1.29 is 9.15 Å². The van der Waals surface area contributed by atoms with Crippen molar-refractivity contribution in [3.63, 3.8) is 0 Å². The lowest BCUT2D eigenvalue weighted by Crippen LogP contribution is -1.84. The molecule has 0 N–H and O–H groups in total. The summed E-state index contributed by atoms with van der Waals surface area (Å²) in [4.78, 5) is 4.58. The van der Waals surface area contributed by atoms with E-state index in [1.54, 1.807) is 25.3 Å². The number of benzene rings is 2. The maximum Gasteiger partial charge on any atom is 0.154 e. The summed E-state index contributed by atoms with van der Waals surface area (Å²) in [6.45, 7) is 0. The summed E-state index contributed by atoms with van der Waals surface area (Å²) < 4.78 is 11.1. The molecular weight excluding hydrogens is 439 g/mol. The molecule has 0 amide bonds. The second-order valence-corrected chi connectivity index (χ2v) is 7.97. The summed E-state index contributed by atoms with van der Waals surface area (Å²) in [6.07, 6.45) is 1.79. The van der Waals surface area contributed by atoms with Crippen molar-refractivity contribution in [1.29, 1.82) is 5.26 Å². The molecule has 0 fully saturated rings. The third kappa shape index (κ3) is 4.27. The molecular formula is C23H14Cl2N2O2S. The Hall–Kier alpha value is -3.04. The summed E-state index contributed by atoms with van der Waals surface area (Å²) in [5, 5.41) is 13.2. The molecule has 7 heteroatoms. The lowest BCUT2D eigenvalue weighted by atomic mass is 10.1. The molecule has 0 spiro atoms. The first kappa shape index (κ1) is 20.2. The number of rotatable bonds is 5. The number of methoxy groups -OCH3 is 1. The summed E-state index contributed by atoms with van der Waals surface area (Å²) >= 11 is 13.6. The molecule has 0 saturated heterocycles. The third-order valence-electron chi connectivity index (χ3n) is 4.34. The molecule has 0 saturated carbocycles. The van der Waals surface area contributed by atoms with E-state index in [-0.39, 0.29) is 0 Å². The molecule has 0 radical (unpaired) electrons. The first-order valence-electron chi connectivity index (χ1n) is 8.85. The molecule has 0 bridgehead atoms. The Morgan fingerprint density at radius 3 is 2.57 bits per heavy atom. The minimum absolute atomic E-state index is 0.476. The highest BCUT2D eigenvalue weighted by Gasteiger charge is 2.14. The predicted octanol–water partition coefficient (Wildman–Crippen LogP) is 7.45. The van der Waals surface area contributed by atoms with Gasteiger partial charge in [-0.1, -0.05) is 35.3 Å². The lowest BCUT2D eigenvalue weighted by molar-refractivity contribution is 0.415. The quantitative estimate of drug-likeness (QED) is 0.295. The van der Waals surface area contributed by atoms with Crippen LogP contribution < -0.4 is 4.74 Å². The van der Waals surface area contributed by atoms with Gasteiger partial charge in [0.2, 0.25) is 0 Å². The zero-order valence-corrected chi connectivity index (χ0v) is 18.1. The van der Waals surface area contributed by atoms with Gasteiger partial charge in [0.25, 0.3) is 0 Å². The van der Waals surface area contributed by atoms with Crippen LogP contribution >= 0.6 is 34.5 Å². The Labute approximate surface area is 187 Å². The van der Waals surface area contributed by atoms with Crippen molar-refractivity contribution >= 4 is 46.2 Å². The van der Waals surface area contributed by atoms with E-state index in [0.29, 0.717) is 37.8 Å². The molecule has 4 aromatic rings. The molecule has 0 aliphatic rings. The largest absolute Gasteiger partial charge is 0.497 e. The smallest absolute Gasteiger partial charge is 0.154 e. The summed E-state index contributed by atoms with van der Waals surface area (Å²) in [5.74, 6) is 1.98. The molecule has 0 aliphatic heterocycles. The molecule has 0 unspecified atom stereocenters. The van der Waals surface area contributed by atoms with Gasteiger partial charge in [0.1, 0.15) is 28.3 Å². The fourth-order valence-electron chi connectivity index (χ4n) is 2.83. The predicted molar refractivity (Wildman–Crippen MR) is 122 cm³/mol. The molecule has 4 nitrogen and oxygen atoms in total. The van der Waals surface area contributed by atoms with Crippen LogP contribution in [0.4, 0.5) is 0 Å². The standard InChI is InChI=1S/C23H14Cl2N2O2S/c1-28-17-5-2-14(3-6-17)10-15(12-26)23-27-20(13-30-23)22-9-8-21(29-22)18-7-4-16(24)11-19(18)25/h2-11,13H,1H3/b15-10-. The number of hydrogen-bond donors (Lipinski definition) is 0. The van der Waals surface area contributed by atoms with Crippen molar-refractivity contribution in [2.45, 2.75) is 0 Å². The van der Waals surface area contributed by atoms with Crippen LogP contribution in [-0.4, -0.2) is 12.1 Å². The van der Waals surface area contributed by atoms with E-state index < -0.39 is 0 Å². The van der Waals surface area contributed by atoms with E-state index in [2.05, 4.69) is 11.1 Å². The third-order valence-corrected chi connectivity index (χ3v) is 5.76. The molecule has 30 heavy (non-hydrogen) atoms. The van der Waals surface area contributed by atoms with Crippen LogP contribution in [0.3, 0.4) is 0 Å². The maximum atomic E-state index is 9.60. The van der Waals surface area contributed by atoms with E-state index in [0.717, 1.165) is 16.9 Å². The number of thiazole rings is 1. The maximum absolute atomic E-state index is 9.60. The fraction of sp³-hybridized carbons (Fsp3) is 0.0435. The van der Waals surface area contributed by atoms with Gasteiger partial charge >= 0.3 is 0 Å². The van der Waals surface area contributed by atoms with Gasteiger partial charge in [-0.15, -0.1) is 11.3 Å². The van der Waals surface area contributed by atoms with Crippen LogP contribution in [0.1, 0.15) is 10.6 Å². The summed E-state index contributed by atoms with van der Waals surface area (Å²) in [7, 11) is 1.61. The van der Waals surface area contributed by atoms with Crippen LogP contribution in [0, 0.1) is 11.3 Å². The van der Waals surface area contributed by atoms with Crippen LogP contribution in [0.5, 0.6) is 5.75 Å². The molecule has 0 atom stereocenters. The van der Waals surface area contributed by atoms with Crippen LogP contribution in [-0.2, 0) is 0 Å². The van der Waals surface area contributed by atoms with Gasteiger partial charge < -0.3 is 9.15 Å². The first-order valence-corrected chi connectivity index (χ1v) is 10.5. The minimum Gasteiger partial charge on any atom is -0.497 e. The Morgan fingerprint density at radius 1 is 1.10 bits per heavy atom. The topological polar surface area (TPSA) is 59.0 Å². The van der Waals surface area contributed by atoms with Crippen LogP contribution in [0.2, 0.25) is 10.0 Å². The number of allylic oxidation sites excluding steroid dienone is 1. The number of furan rings is 1. The van der Waals surface area contributed by atoms with Crippen molar-refractivity contribution in [2.75, 3.05) is 7.11 Å². The van der Waals surface area contributed by atoms with E-state index in [4.69, 9.17) is 32.4 Å². The highest BCUT2D eigenvalue weighted by atomic mass is 35.5. The first-order chi connectivity index (χ1) is 14.6. The monoisotopic (exact) mass is 452 g/mol. The average molecular weight is 453 g/mol. The zero-order valence-electron chi connectivity index (χ0n) is 15.7. The van der Waals surface area contributed by atoms with Gasteiger partial charge in [-0.25, -0.2) is 4.98 Å². The molecule has 4 rings (SSSR count). The van der Waals surface area contributed by atoms with Gasteiger partial charge in [0, 0.05) is 16.0 Å². The van der Waals surface area contributed by atoms with E-state index >= 15 is 0 Å². The van der Waals surface area contributed by atoms with Gasteiger partial charge in [-0.05, 0) is 54.1 Å². The Morgan fingerprint density at radius 2 is 1.87 bits per heavy atom. The fourth-order valence-corrected chi connectivity index (χ4v) is 4.11. The van der Waals surface area contributed by atoms with Gasteiger partial charge in [0.15, 0.2) is 5.76 Å². The molecule has 2 aromatic heterocycles. The highest BCUT2D eigenvalue weighted by Crippen LogP contribution is 2.35. The Kier molecular flexibility index (Phi) is 5.91. The van der Waals surface area contributed by atoms with E-state index in [1.165, 1.54) is 11.3 Å². The average Bonchev–Trinajstić information content (AvgIpc) is 3.42. The van der Waals surface area contributed by atoms with Crippen LogP contribution in [0.25, 0.3) is 34.4 Å². The normalized spacial score (nSPS) is 11.3. The molecule has 2 aromatic carbocycles. The van der Waals surface area contributed by atoms with Gasteiger partial charge in [-0.2, -0.15) is 5.26 Å². The number of aromatic nitrogens is 1. The summed E-state index contributed by atoms with van der Waals surface area (Å²) in [5.41, 5.74) is 2.77.